The summed E-state index contributed by atoms with van der Waals surface area (Å²) in [6, 6.07) is 10.9. The number of amides is 2. The van der Waals surface area contributed by atoms with E-state index in [1.807, 2.05) is 6.92 Å². The Balaban J connectivity index is 1.83. The number of nitrogens with one attached hydrogen (secondary N) is 1. The van der Waals surface area contributed by atoms with Crippen LogP contribution in [-0.2, 0) is 9.59 Å². The third kappa shape index (κ3) is 4.47. The van der Waals surface area contributed by atoms with Gasteiger partial charge in [-0.05, 0) is 48.4 Å². The fourth-order valence-electron chi connectivity index (χ4n) is 3.03. The highest BCUT2D eigenvalue weighted by molar-refractivity contribution is 7.99. The zero-order valence-corrected chi connectivity index (χ0v) is 15.6. The summed E-state index contributed by atoms with van der Waals surface area (Å²) in [6.07, 6.45) is 0.967. The first-order chi connectivity index (χ1) is 13.0. The molecule has 1 aliphatic heterocycles. The smallest absolute Gasteiger partial charge is 0.248 e. The molecule has 2 aromatic rings. The Morgan fingerprint density at radius 3 is 2.56 bits per heavy atom. The van der Waals surface area contributed by atoms with Crippen LogP contribution in [0.3, 0.4) is 0 Å². The average Bonchev–Trinajstić information content (AvgIpc) is 3.09. The van der Waals surface area contributed by atoms with E-state index in [1.165, 1.54) is 48.2 Å². The fraction of sp³-hybridized carbons (Fsp3) is 0.300. The average molecular weight is 390 g/mol. The molecule has 2 unspecified atom stereocenters. The van der Waals surface area contributed by atoms with Gasteiger partial charge in [0.1, 0.15) is 23.1 Å². The lowest BCUT2D eigenvalue weighted by molar-refractivity contribution is -0.138. The Hall–Kier alpha value is -2.41. The Morgan fingerprint density at radius 2 is 1.89 bits per heavy atom. The van der Waals surface area contributed by atoms with Gasteiger partial charge in [-0.1, -0.05) is 19.1 Å². The molecule has 1 N–H and O–H groups in total. The van der Waals surface area contributed by atoms with Gasteiger partial charge in [-0.2, -0.15) is 0 Å². The van der Waals surface area contributed by atoms with Crippen LogP contribution in [-0.4, -0.2) is 28.5 Å². The van der Waals surface area contributed by atoms with E-state index in [0.717, 1.165) is 0 Å². The van der Waals surface area contributed by atoms with Crippen LogP contribution in [0.25, 0.3) is 0 Å². The van der Waals surface area contributed by atoms with Gasteiger partial charge in [0.2, 0.25) is 11.8 Å². The lowest BCUT2D eigenvalue weighted by Crippen LogP contribution is -2.45. The molecule has 0 aromatic heterocycles. The van der Waals surface area contributed by atoms with Crippen molar-refractivity contribution in [2.24, 2.45) is 0 Å². The van der Waals surface area contributed by atoms with E-state index in [4.69, 9.17) is 0 Å². The summed E-state index contributed by atoms with van der Waals surface area (Å²) < 4.78 is 26.7. The molecule has 1 saturated heterocycles. The Labute approximate surface area is 160 Å². The summed E-state index contributed by atoms with van der Waals surface area (Å²) in [7, 11) is 0. The third-order valence-corrected chi connectivity index (χ3v) is 5.62. The van der Waals surface area contributed by atoms with Crippen LogP contribution < -0.4 is 5.32 Å². The van der Waals surface area contributed by atoms with Crippen LogP contribution in [0.2, 0.25) is 0 Å². The Kier molecular flexibility index (Phi) is 6.11. The molecular weight excluding hydrogens is 370 g/mol. The maximum atomic E-state index is 13.7. The second-order valence-corrected chi connectivity index (χ2v) is 7.42. The summed E-state index contributed by atoms with van der Waals surface area (Å²) >= 11 is 1.43. The van der Waals surface area contributed by atoms with Crippen molar-refractivity contribution in [3.05, 3.63) is 65.7 Å². The van der Waals surface area contributed by atoms with Crippen molar-refractivity contribution in [1.82, 2.24) is 4.90 Å². The van der Waals surface area contributed by atoms with Gasteiger partial charge in [0.25, 0.3) is 0 Å². The van der Waals surface area contributed by atoms with Crippen LogP contribution in [0.5, 0.6) is 0 Å². The van der Waals surface area contributed by atoms with E-state index in [9.17, 15) is 18.4 Å². The van der Waals surface area contributed by atoms with E-state index in [1.54, 1.807) is 17.0 Å². The van der Waals surface area contributed by atoms with Gasteiger partial charge in [0.15, 0.2) is 0 Å². The molecule has 2 atom stereocenters. The second kappa shape index (κ2) is 8.52. The van der Waals surface area contributed by atoms with Crippen molar-refractivity contribution in [1.29, 1.82) is 0 Å². The van der Waals surface area contributed by atoms with Crippen LogP contribution in [0, 0.1) is 11.6 Å². The molecule has 0 saturated carbocycles. The zero-order valence-electron chi connectivity index (χ0n) is 14.8. The quantitative estimate of drug-likeness (QED) is 0.826. The van der Waals surface area contributed by atoms with Gasteiger partial charge in [0.05, 0.1) is 0 Å². The molecule has 2 amide bonds. The first kappa shape index (κ1) is 19.4. The van der Waals surface area contributed by atoms with Crippen molar-refractivity contribution >= 4 is 29.3 Å². The molecule has 1 fully saturated rings. The predicted octanol–water partition coefficient (Wildman–Crippen LogP) is 4.35. The Morgan fingerprint density at radius 1 is 1.15 bits per heavy atom. The van der Waals surface area contributed by atoms with E-state index in [2.05, 4.69) is 5.32 Å². The molecular formula is C20H20F2N2O2S. The molecule has 3 rings (SSSR count). The van der Waals surface area contributed by atoms with Crippen LogP contribution in [0.1, 0.15) is 30.7 Å². The molecule has 27 heavy (non-hydrogen) atoms. The maximum Gasteiger partial charge on any atom is 0.248 e. The SMILES string of the molecule is CCCC(=O)N1C(C(=O)Nc2ccc(F)cc2)CSC1c1cccc(F)c1. The lowest BCUT2D eigenvalue weighted by atomic mass is 10.1. The number of benzene rings is 2. The number of carbonyl (C=O) groups is 2. The lowest BCUT2D eigenvalue weighted by Gasteiger charge is -2.29. The molecule has 0 bridgehead atoms. The molecule has 1 heterocycles. The zero-order chi connectivity index (χ0) is 19.4. The van der Waals surface area contributed by atoms with Gasteiger partial charge in [-0.3, -0.25) is 9.59 Å². The highest BCUT2D eigenvalue weighted by atomic mass is 32.2. The minimum Gasteiger partial charge on any atom is -0.324 e. The normalized spacial score (nSPS) is 19.1. The van der Waals surface area contributed by atoms with E-state index >= 15 is 0 Å². The minimum absolute atomic E-state index is 0.143. The molecule has 0 radical (unpaired) electrons. The summed E-state index contributed by atoms with van der Waals surface area (Å²) in [5.74, 6) is -0.844. The van der Waals surface area contributed by atoms with E-state index in [0.29, 0.717) is 29.8 Å². The highest BCUT2D eigenvalue weighted by Gasteiger charge is 2.41. The molecule has 2 aromatic carbocycles. The van der Waals surface area contributed by atoms with Gasteiger partial charge in [0, 0.05) is 17.9 Å². The number of carbonyl (C=O) groups excluding carboxylic acids is 2. The second-order valence-electron chi connectivity index (χ2n) is 6.30. The van der Waals surface area contributed by atoms with Crippen LogP contribution in [0.15, 0.2) is 48.5 Å². The largest absolute Gasteiger partial charge is 0.324 e. The Bertz CT molecular complexity index is 829. The monoisotopic (exact) mass is 390 g/mol. The summed E-state index contributed by atoms with van der Waals surface area (Å²) in [4.78, 5) is 27.0. The number of anilines is 1. The van der Waals surface area contributed by atoms with Crippen molar-refractivity contribution in [3.63, 3.8) is 0 Å². The van der Waals surface area contributed by atoms with Gasteiger partial charge >= 0.3 is 0 Å². The van der Waals surface area contributed by atoms with Gasteiger partial charge in [-0.15, -0.1) is 11.8 Å². The number of thioether (sulfide) groups is 1. The molecule has 0 spiro atoms. The van der Waals surface area contributed by atoms with E-state index in [-0.39, 0.29) is 17.6 Å². The number of hydrogen-bond donors (Lipinski definition) is 1. The topological polar surface area (TPSA) is 49.4 Å². The molecule has 142 valence electrons. The van der Waals surface area contributed by atoms with Crippen molar-refractivity contribution in [2.45, 2.75) is 31.2 Å². The fourth-order valence-corrected chi connectivity index (χ4v) is 4.47. The van der Waals surface area contributed by atoms with E-state index < -0.39 is 17.2 Å². The summed E-state index contributed by atoms with van der Waals surface area (Å²) in [5.41, 5.74) is 1.12. The summed E-state index contributed by atoms with van der Waals surface area (Å²) in [6.45, 7) is 1.89. The van der Waals surface area contributed by atoms with Crippen LogP contribution >= 0.6 is 11.8 Å². The summed E-state index contributed by atoms with van der Waals surface area (Å²) in [5, 5.41) is 2.32. The number of hydrogen-bond acceptors (Lipinski definition) is 3. The van der Waals surface area contributed by atoms with Crippen molar-refractivity contribution in [3.8, 4) is 0 Å². The third-order valence-electron chi connectivity index (χ3n) is 4.30. The number of rotatable bonds is 5. The van der Waals surface area contributed by atoms with Crippen molar-refractivity contribution in [2.75, 3.05) is 11.1 Å². The van der Waals surface area contributed by atoms with Crippen LogP contribution in [0.4, 0.5) is 14.5 Å². The molecule has 0 aliphatic carbocycles. The molecule has 1 aliphatic rings. The first-order valence-corrected chi connectivity index (χ1v) is 9.79. The predicted molar refractivity (Wildman–Crippen MR) is 102 cm³/mol. The molecule has 4 nitrogen and oxygen atoms in total. The molecule has 7 heteroatoms. The highest BCUT2D eigenvalue weighted by Crippen LogP contribution is 2.42. The maximum absolute atomic E-state index is 13.7. The standard InChI is InChI=1S/C20H20F2N2O2S/c1-2-4-18(25)24-17(19(26)23-16-9-7-14(21)8-10-16)12-27-20(24)13-5-3-6-15(22)11-13/h3,5-11,17,20H,2,4,12H2,1H3,(H,23,26). The number of halogens is 2. The minimum atomic E-state index is -0.674. The van der Waals surface area contributed by atoms with Crippen molar-refractivity contribution < 1.29 is 18.4 Å². The first-order valence-electron chi connectivity index (χ1n) is 8.74. The van der Waals surface area contributed by atoms with Gasteiger partial charge < -0.3 is 10.2 Å². The van der Waals surface area contributed by atoms with Gasteiger partial charge in [-0.25, -0.2) is 8.78 Å². The number of nitrogens with zero attached hydrogens (tertiary/aromatic N) is 1.